The van der Waals surface area contributed by atoms with Gasteiger partial charge in [-0.3, -0.25) is 4.98 Å². The molecule has 0 spiro atoms. The van der Waals surface area contributed by atoms with Gasteiger partial charge in [0.05, 0.1) is 138 Å². The summed E-state index contributed by atoms with van der Waals surface area (Å²) in [5, 5.41) is 74.6. The second-order valence-electron chi connectivity index (χ2n) is 19.8. The predicted molar refractivity (Wildman–Crippen MR) is 331 cm³/mol. The first kappa shape index (κ1) is 53.7. The maximum Gasteiger partial charge on any atom is 0.197 e. The second kappa shape index (κ2) is 21.5. The Kier molecular flexibility index (Phi) is 13.1. The zero-order valence-electron chi connectivity index (χ0n) is 45.2. The van der Waals surface area contributed by atoms with Gasteiger partial charge in [0.15, 0.2) is 34.1 Å². The number of aromatic nitrogens is 3. The zero-order chi connectivity index (χ0) is 61.5. The summed E-state index contributed by atoms with van der Waals surface area (Å²) >= 11 is 0. The highest BCUT2D eigenvalue weighted by Gasteiger charge is 2.26. The summed E-state index contributed by atoms with van der Waals surface area (Å²) in [6.07, 6.45) is 3.34. The topological polar surface area (TPSA) is 215 Å². The third-order valence-electron chi connectivity index (χ3n) is 15.3. The molecule has 0 radical (unpaired) electrons. The molecule has 16 heteroatoms. The van der Waals surface area contributed by atoms with Gasteiger partial charge >= 0.3 is 0 Å². The van der Waals surface area contributed by atoms with E-state index < -0.39 is 0 Å². The minimum Gasteiger partial charge on any atom is -0.309 e. The van der Waals surface area contributed by atoms with Crippen molar-refractivity contribution in [1.82, 2.24) is 14.1 Å². The molecular weight excluding hydrogens is 1090 g/mol. The van der Waals surface area contributed by atoms with Gasteiger partial charge in [-0.15, -0.1) is 0 Å². The quantitative estimate of drug-likeness (QED) is 0.140. The van der Waals surface area contributed by atoms with Gasteiger partial charge in [-0.2, -0.15) is 36.8 Å². The number of hydrogen-bond acceptors (Lipinski definition) is 8. The van der Waals surface area contributed by atoms with Gasteiger partial charge in [0.1, 0.15) is 0 Å². The first-order chi connectivity index (χ1) is 43.0. The van der Waals surface area contributed by atoms with Crippen LogP contribution in [0.4, 0.5) is 34.1 Å². The van der Waals surface area contributed by atoms with Crippen LogP contribution in [0.2, 0.25) is 0 Å². The molecule has 12 rings (SSSR count). The molecule has 0 unspecified atom stereocenters. The molecule has 0 aliphatic carbocycles. The number of pyridine rings is 1. The van der Waals surface area contributed by atoms with E-state index in [4.69, 9.17) is 39.4 Å². The summed E-state index contributed by atoms with van der Waals surface area (Å²) in [6.45, 7) is 47.9. The Morgan fingerprint density at radius 3 is 1.15 bits per heavy atom. The van der Waals surface area contributed by atoms with E-state index in [-0.39, 0.29) is 67.5 Å². The van der Waals surface area contributed by atoms with Crippen LogP contribution in [0.25, 0.3) is 140 Å². The standard InChI is InChI=1S/C72H26N16/c1-80-51-24-48(36-77)69(49(25-51)37-78)43-8-13-65-54(27-43)56-29-45(71-50(38-79)26-52(81-2)31-62(71)85-6)10-15-66(56)88(65)68-23-40(32-73)7-12-53(68)58-39-86-18-17-67(58)87-63-14-9-44(70-47(35-76)19-41(33-74)20-59(70)82-3)28-55(63)57-30-46(11-16-64(57)87)72-60(83-4)21-42(34-75)22-61(72)84-5/h7-31,39H. The van der Waals surface area contributed by atoms with Crippen LogP contribution in [0.5, 0.6) is 0 Å². The van der Waals surface area contributed by atoms with Crippen molar-refractivity contribution >= 4 is 77.7 Å². The lowest BCUT2D eigenvalue weighted by molar-refractivity contribution is 1.14. The van der Waals surface area contributed by atoms with Crippen molar-refractivity contribution in [2.45, 2.75) is 0 Å². The minimum absolute atomic E-state index is 0.0847. The molecule has 88 heavy (non-hydrogen) atoms. The first-order valence-corrected chi connectivity index (χ1v) is 26.1. The average molecular weight is 1120 g/mol. The summed E-state index contributed by atoms with van der Waals surface area (Å²) in [5.74, 6) is 0. The Hall–Kier alpha value is -14.9. The van der Waals surface area contributed by atoms with Crippen molar-refractivity contribution in [2.24, 2.45) is 0 Å². The summed E-state index contributed by atoms with van der Waals surface area (Å²) < 4.78 is 3.99. The summed E-state index contributed by atoms with van der Waals surface area (Å²) in [5.41, 5.74) is 9.53. The van der Waals surface area contributed by atoms with E-state index in [1.54, 1.807) is 48.8 Å². The lowest BCUT2D eigenvalue weighted by Gasteiger charge is -2.19. The fourth-order valence-corrected chi connectivity index (χ4v) is 11.6. The largest absolute Gasteiger partial charge is 0.309 e. The smallest absolute Gasteiger partial charge is 0.197 e. The van der Waals surface area contributed by atoms with Crippen LogP contribution < -0.4 is 0 Å². The summed E-state index contributed by atoms with van der Waals surface area (Å²) in [6, 6.07) is 55.5. The van der Waals surface area contributed by atoms with Crippen molar-refractivity contribution in [3.8, 4) is 109 Å². The lowest BCUT2D eigenvalue weighted by Crippen LogP contribution is -2.02. The molecule has 0 fully saturated rings. The number of fused-ring (bicyclic) bond motifs is 6. The highest BCUT2D eigenvalue weighted by Crippen LogP contribution is 2.48. The van der Waals surface area contributed by atoms with Crippen LogP contribution in [0.3, 0.4) is 0 Å². The summed E-state index contributed by atoms with van der Waals surface area (Å²) in [7, 11) is 0. The molecule has 16 nitrogen and oxygen atoms in total. The molecule has 0 aliphatic heterocycles. The van der Waals surface area contributed by atoms with E-state index in [2.05, 4.69) is 64.4 Å². The molecule has 3 heterocycles. The predicted octanol–water partition coefficient (Wildman–Crippen LogP) is 18.0. The number of rotatable bonds is 7. The Morgan fingerprint density at radius 1 is 0.318 bits per heavy atom. The van der Waals surface area contributed by atoms with Gasteiger partial charge in [0.2, 0.25) is 0 Å². The number of benzene rings is 9. The molecule has 9 aromatic carbocycles. The van der Waals surface area contributed by atoms with Gasteiger partial charge in [-0.25, -0.2) is 29.1 Å². The third-order valence-corrected chi connectivity index (χ3v) is 15.3. The van der Waals surface area contributed by atoms with Gasteiger partial charge in [0.25, 0.3) is 0 Å². The molecule has 0 bridgehead atoms. The number of nitrogens with zero attached hydrogens (tertiary/aromatic N) is 16. The van der Waals surface area contributed by atoms with E-state index >= 15 is 0 Å². The maximum absolute atomic E-state index is 10.7. The van der Waals surface area contributed by atoms with E-state index in [1.165, 1.54) is 48.5 Å². The normalized spacial score (nSPS) is 10.4. The monoisotopic (exact) mass is 1110 g/mol. The molecule has 12 aromatic rings. The van der Waals surface area contributed by atoms with E-state index in [0.29, 0.717) is 116 Å². The highest BCUT2D eigenvalue weighted by atomic mass is 15.0. The molecule has 3 aromatic heterocycles. The Morgan fingerprint density at radius 2 is 0.705 bits per heavy atom. The molecule has 0 saturated carbocycles. The molecule has 0 atom stereocenters. The Balaban J connectivity index is 1.16. The van der Waals surface area contributed by atoms with Crippen molar-refractivity contribution in [1.29, 1.82) is 36.8 Å². The minimum atomic E-state index is 0.0847. The maximum atomic E-state index is 10.7. The van der Waals surface area contributed by atoms with Crippen molar-refractivity contribution in [3.63, 3.8) is 0 Å². The van der Waals surface area contributed by atoms with Crippen LogP contribution in [-0.4, -0.2) is 14.1 Å². The summed E-state index contributed by atoms with van der Waals surface area (Å²) in [4.78, 5) is 26.6. The lowest BCUT2D eigenvalue weighted by atomic mass is 9.93. The Labute approximate surface area is 501 Å². The Bertz CT molecular complexity index is 5380. The van der Waals surface area contributed by atoms with Crippen molar-refractivity contribution in [2.75, 3.05) is 0 Å². The third kappa shape index (κ3) is 8.47. The first-order valence-electron chi connectivity index (χ1n) is 26.1. The zero-order valence-corrected chi connectivity index (χ0v) is 45.2. The van der Waals surface area contributed by atoms with Gasteiger partial charge in [0, 0.05) is 78.4 Å². The van der Waals surface area contributed by atoms with Crippen LogP contribution >= 0.6 is 0 Å². The van der Waals surface area contributed by atoms with Crippen molar-refractivity contribution < 1.29 is 0 Å². The SMILES string of the molecule is [C-]#[N+]c1cc(C#N)c(-c2ccc3c(c2)c2cc(-c4c(C#N)cc([N+]#[C-])cc4[N+]#[C-])ccc2n3-c2cc(C#N)ccc2-c2cnccc2-n2c3ccc(-c4c(C#N)cc(C#N)cc4[N+]#[C-])cc3c3cc(-c4c([N+]#[C-])cc(C#N)cc4[N+]#[C-])ccc32)c(C#N)c1. The second-order valence-corrected chi connectivity index (χ2v) is 19.8. The average Bonchev–Trinajstić information content (AvgIpc) is 1.65. The molecule has 0 aliphatic rings. The molecule has 394 valence electrons. The van der Waals surface area contributed by atoms with Crippen LogP contribution in [-0.2, 0) is 0 Å². The number of nitriles is 7. The van der Waals surface area contributed by atoms with Crippen LogP contribution in [0.1, 0.15) is 38.9 Å². The van der Waals surface area contributed by atoms with Crippen LogP contribution in [0.15, 0.2) is 158 Å². The van der Waals surface area contributed by atoms with Crippen LogP contribution in [0, 0.1) is 119 Å². The molecular formula is C72H26N16. The number of hydrogen-bond donors (Lipinski definition) is 0. The van der Waals surface area contributed by atoms with Gasteiger partial charge in [-0.05, 0) is 137 Å². The highest BCUT2D eigenvalue weighted by molar-refractivity contribution is 6.15. The van der Waals surface area contributed by atoms with Gasteiger partial charge < -0.3 is 9.13 Å². The van der Waals surface area contributed by atoms with E-state index in [9.17, 15) is 36.8 Å². The fourth-order valence-electron chi connectivity index (χ4n) is 11.6. The van der Waals surface area contributed by atoms with E-state index in [1.807, 2.05) is 81.9 Å². The van der Waals surface area contributed by atoms with E-state index in [0.717, 1.165) is 0 Å². The molecule has 0 N–H and O–H groups in total. The molecule has 0 amide bonds. The van der Waals surface area contributed by atoms with Gasteiger partial charge in [-0.1, -0.05) is 36.4 Å². The fraction of sp³-hybridized carbons (Fsp3) is 0. The molecule has 0 saturated heterocycles. The van der Waals surface area contributed by atoms with Crippen molar-refractivity contribution in [3.05, 3.63) is 265 Å².